The Morgan fingerprint density at radius 3 is 2.71 bits per heavy atom. The molecule has 1 aromatic carbocycles. The van der Waals surface area contributed by atoms with Crippen molar-refractivity contribution in [1.82, 2.24) is 9.55 Å². The minimum atomic E-state index is -0.982. The van der Waals surface area contributed by atoms with Crippen LogP contribution in [0, 0.1) is 0 Å². The molecule has 0 spiro atoms. The second-order valence-electron chi connectivity index (χ2n) is 4.34. The van der Waals surface area contributed by atoms with Crippen molar-refractivity contribution in [3.8, 4) is 0 Å². The summed E-state index contributed by atoms with van der Waals surface area (Å²) in [5.74, 6) is -0.277. The van der Waals surface area contributed by atoms with E-state index in [1.165, 1.54) is 0 Å². The zero-order valence-corrected chi connectivity index (χ0v) is 10.3. The summed E-state index contributed by atoms with van der Waals surface area (Å²) in [6, 6.07) is 5.28. The zero-order chi connectivity index (χ0) is 12.8. The van der Waals surface area contributed by atoms with Gasteiger partial charge >= 0.3 is 0 Å². The fourth-order valence-electron chi connectivity index (χ4n) is 1.78. The number of anilines is 1. The summed E-state index contributed by atoms with van der Waals surface area (Å²) >= 11 is 6.12. The molecule has 5 nitrogen and oxygen atoms in total. The second kappa shape index (κ2) is 3.63. The Balaban J connectivity index is 2.86. The van der Waals surface area contributed by atoms with Crippen molar-refractivity contribution in [2.45, 2.75) is 19.4 Å². The van der Waals surface area contributed by atoms with E-state index in [2.05, 4.69) is 4.98 Å². The first-order valence-corrected chi connectivity index (χ1v) is 5.46. The number of carbonyl (C=O) groups excluding carboxylic acids is 1. The summed E-state index contributed by atoms with van der Waals surface area (Å²) in [5, 5.41) is 0.487. The van der Waals surface area contributed by atoms with Gasteiger partial charge in [0.1, 0.15) is 5.54 Å². The van der Waals surface area contributed by atoms with Crippen molar-refractivity contribution < 1.29 is 4.79 Å². The molecule has 1 amide bonds. The van der Waals surface area contributed by atoms with Crippen LogP contribution in [0.2, 0.25) is 5.02 Å². The Labute approximate surface area is 103 Å². The number of benzene rings is 1. The van der Waals surface area contributed by atoms with Crippen LogP contribution in [0.15, 0.2) is 18.2 Å². The molecule has 0 bridgehead atoms. The molecule has 0 saturated heterocycles. The van der Waals surface area contributed by atoms with E-state index >= 15 is 0 Å². The van der Waals surface area contributed by atoms with E-state index < -0.39 is 11.4 Å². The molecule has 0 unspecified atom stereocenters. The third-order valence-electron chi connectivity index (χ3n) is 2.82. The molecular weight excluding hydrogens is 240 g/mol. The predicted molar refractivity (Wildman–Crippen MR) is 67.7 cm³/mol. The van der Waals surface area contributed by atoms with Gasteiger partial charge in [0, 0.05) is 0 Å². The number of carbonyl (C=O) groups is 1. The molecule has 4 N–H and O–H groups in total. The lowest BCUT2D eigenvalue weighted by Gasteiger charge is -2.24. The Hall–Kier alpha value is -1.75. The van der Waals surface area contributed by atoms with Gasteiger partial charge in [0.25, 0.3) is 0 Å². The van der Waals surface area contributed by atoms with Crippen molar-refractivity contribution in [2.75, 3.05) is 5.73 Å². The fraction of sp³-hybridized carbons (Fsp3) is 0.273. The van der Waals surface area contributed by atoms with Crippen LogP contribution in [0.4, 0.5) is 5.95 Å². The van der Waals surface area contributed by atoms with Crippen molar-refractivity contribution in [3.63, 3.8) is 0 Å². The van der Waals surface area contributed by atoms with E-state index in [4.69, 9.17) is 23.1 Å². The molecule has 0 atom stereocenters. The van der Waals surface area contributed by atoms with Crippen LogP contribution < -0.4 is 11.5 Å². The van der Waals surface area contributed by atoms with E-state index in [1.54, 1.807) is 36.6 Å². The van der Waals surface area contributed by atoms with Crippen molar-refractivity contribution >= 4 is 34.5 Å². The van der Waals surface area contributed by atoms with Gasteiger partial charge < -0.3 is 11.5 Å². The van der Waals surface area contributed by atoms with Crippen LogP contribution in [0.25, 0.3) is 11.0 Å². The summed E-state index contributed by atoms with van der Waals surface area (Å²) in [5.41, 5.74) is 11.5. The predicted octanol–water partition coefficient (Wildman–Crippen LogP) is 1.49. The van der Waals surface area contributed by atoms with Gasteiger partial charge in [-0.3, -0.25) is 9.36 Å². The van der Waals surface area contributed by atoms with Gasteiger partial charge in [0.15, 0.2) is 0 Å². The lowest BCUT2D eigenvalue weighted by atomic mass is 10.0. The number of aromatic nitrogens is 2. The number of para-hydroxylation sites is 1. The van der Waals surface area contributed by atoms with Gasteiger partial charge in [-0.25, -0.2) is 4.98 Å². The van der Waals surface area contributed by atoms with Gasteiger partial charge in [-0.05, 0) is 26.0 Å². The summed E-state index contributed by atoms with van der Waals surface area (Å²) in [6.07, 6.45) is 0. The SMILES string of the molecule is CC(C)(C(N)=O)n1c(N)nc2cccc(Cl)c21. The van der Waals surface area contributed by atoms with Crippen LogP contribution in [-0.2, 0) is 10.3 Å². The number of halogens is 1. The maximum Gasteiger partial charge on any atom is 0.243 e. The van der Waals surface area contributed by atoms with Crippen molar-refractivity contribution in [1.29, 1.82) is 0 Å². The highest BCUT2D eigenvalue weighted by atomic mass is 35.5. The molecule has 0 aliphatic heterocycles. The number of hydrogen-bond acceptors (Lipinski definition) is 3. The van der Waals surface area contributed by atoms with Crippen LogP contribution in [-0.4, -0.2) is 15.5 Å². The van der Waals surface area contributed by atoms with E-state index in [9.17, 15) is 4.79 Å². The van der Waals surface area contributed by atoms with Crippen LogP contribution in [0.1, 0.15) is 13.8 Å². The first kappa shape index (κ1) is 11.7. The van der Waals surface area contributed by atoms with Gasteiger partial charge in [-0.2, -0.15) is 0 Å². The number of amides is 1. The average molecular weight is 253 g/mol. The number of rotatable bonds is 2. The maximum atomic E-state index is 11.5. The second-order valence-corrected chi connectivity index (χ2v) is 4.74. The summed E-state index contributed by atoms with van der Waals surface area (Å²) < 4.78 is 1.56. The smallest absolute Gasteiger partial charge is 0.243 e. The number of hydrogen-bond donors (Lipinski definition) is 2. The molecule has 6 heteroatoms. The topological polar surface area (TPSA) is 86.9 Å². The average Bonchev–Trinajstić information content (AvgIpc) is 2.56. The highest BCUT2D eigenvalue weighted by Crippen LogP contribution is 2.31. The lowest BCUT2D eigenvalue weighted by molar-refractivity contribution is -0.124. The molecule has 0 saturated carbocycles. The van der Waals surface area contributed by atoms with Gasteiger partial charge in [0.2, 0.25) is 11.9 Å². The normalized spacial score (nSPS) is 11.9. The Bertz CT molecular complexity index is 603. The summed E-state index contributed by atoms with van der Waals surface area (Å²) in [7, 11) is 0. The number of primary amides is 1. The lowest BCUT2D eigenvalue weighted by Crippen LogP contribution is -2.41. The van der Waals surface area contributed by atoms with Crippen molar-refractivity contribution in [3.05, 3.63) is 23.2 Å². The summed E-state index contributed by atoms with van der Waals surface area (Å²) in [4.78, 5) is 15.7. The molecule has 0 aliphatic carbocycles. The molecule has 0 fully saturated rings. The standard InChI is InChI=1S/C11H13ClN4O/c1-11(2,9(13)17)16-8-6(12)4-3-5-7(8)15-10(16)14/h3-5H,1-2H3,(H2,13,17)(H2,14,15). The Kier molecular flexibility index (Phi) is 2.50. The highest BCUT2D eigenvalue weighted by molar-refractivity contribution is 6.35. The molecule has 1 aromatic heterocycles. The van der Waals surface area contributed by atoms with Crippen molar-refractivity contribution in [2.24, 2.45) is 5.73 Å². The van der Waals surface area contributed by atoms with Crippen LogP contribution in [0.5, 0.6) is 0 Å². The molecule has 0 aliphatic rings. The third-order valence-corrected chi connectivity index (χ3v) is 3.12. The molecule has 2 rings (SSSR count). The quantitative estimate of drug-likeness (QED) is 0.849. The van der Waals surface area contributed by atoms with Gasteiger partial charge in [-0.15, -0.1) is 0 Å². The molecular formula is C11H13ClN4O. The maximum absolute atomic E-state index is 11.5. The van der Waals surface area contributed by atoms with Gasteiger partial charge in [-0.1, -0.05) is 17.7 Å². The monoisotopic (exact) mass is 252 g/mol. The van der Waals surface area contributed by atoms with E-state index in [1.807, 2.05) is 0 Å². The van der Waals surface area contributed by atoms with E-state index in [-0.39, 0.29) is 5.95 Å². The third kappa shape index (κ3) is 1.63. The first-order chi connectivity index (χ1) is 7.85. The number of nitrogens with zero attached hydrogens (tertiary/aromatic N) is 2. The van der Waals surface area contributed by atoms with Crippen LogP contribution in [0.3, 0.4) is 0 Å². The molecule has 17 heavy (non-hydrogen) atoms. The molecule has 2 aromatic rings. The van der Waals surface area contributed by atoms with E-state index in [0.717, 1.165) is 0 Å². The minimum Gasteiger partial charge on any atom is -0.369 e. The molecule has 0 radical (unpaired) electrons. The van der Waals surface area contributed by atoms with E-state index in [0.29, 0.717) is 16.1 Å². The number of nitrogens with two attached hydrogens (primary N) is 2. The minimum absolute atomic E-state index is 0.219. The summed E-state index contributed by atoms with van der Waals surface area (Å²) in [6.45, 7) is 3.35. The largest absolute Gasteiger partial charge is 0.369 e. The van der Waals surface area contributed by atoms with Gasteiger partial charge in [0.05, 0.1) is 16.1 Å². The molecule has 1 heterocycles. The first-order valence-electron chi connectivity index (χ1n) is 5.08. The molecule has 90 valence electrons. The zero-order valence-electron chi connectivity index (χ0n) is 9.57. The highest BCUT2D eigenvalue weighted by Gasteiger charge is 2.31. The Morgan fingerprint density at radius 2 is 2.12 bits per heavy atom. The number of fused-ring (bicyclic) bond motifs is 1. The van der Waals surface area contributed by atoms with Crippen LogP contribution >= 0.6 is 11.6 Å². The number of nitrogen functional groups attached to an aromatic ring is 1. The fourth-order valence-corrected chi connectivity index (χ4v) is 2.03. The Morgan fingerprint density at radius 1 is 1.47 bits per heavy atom. The number of imidazole rings is 1.